The average molecular weight is 453 g/mol. The molecular weight excluding hydrogens is 436 g/mol. The number of nitrogens with zero attached hydrogens (tertiary/aromatic N) is 3. The molecule has 160 valence electrons. The van der Waals surface area contributed by atoms with Gasteiger partial charge in [0.2, 0.25) is 11.7 Å². The van der Waals surface area contributed by atoms with E-state index in [0.717, 1.165) is 28.1 Å². The molecule has 0 saturated carbocycles. The molecule has 6 nitrogen and oxygen atoms in total. The summed E-state index contributed by atoms with van der Waals surface area (Å²) >= 11 is 6.11. The van der Waals surface area contributed by atoms with Crippen molar-refractivity contribution in [2.45, 2.75) is 6.42 Å². The molecule has 0 aliphatic heterocycles. The zero-order valence-electron chi connectivity index (χ0n) is 17.3. The molecule has 0 radical (unpaired) electrons. The predicted octanol–water partition coefficient (Wildman–Crippen LogP) is 5.06. The first-order valence-corrected chi connectivity index (χ1v) is 10.7. The molecule has 7 heteroatoms. The number of benzene rings is 3. The van der Waals surface area contributed by atoms with Crippen molar-refractivity contribution >= 4 is 29.0 Å². The molecule has 1 atom stereocenters. The highest BCUT2D eigenvalue weighted by atomic mass is 35.5. The van der Waals surface area contributed by atoms with Crippen LogP contribution in [0.5, 0.6) is 0 Å². The molecule has 0 fully saturated rings. The number of rotatable bonds is 5. The number of carbonyl (C=O) groups is 2. The summed E-state index contributed by atoms with van der Waals surface area (Å²) in [5.74, 6) is -2.94. The van der Waals surface area contributed by atoms with E-state index in [2.05, 4.69) is 10.4 Å². The molecule has 0 bridgehead atoms. The van der Waals surface area contributed by atoms with Crippen LogP contribution in [0.3, 0.4) is 0 Å². The molecular formula is C26H17ClN4O2. The van der Waals surface area contributed by atoms with Crippen LogP contribution in [0.25, 0.3) is 16.9 Å². The topological polar surface area (TPSA) is 87.8 Å². The van der Waals surface area contributed by atoms with Gasteiger partial charge in [0.25, 0.3) is 0 Å². The fraction of sp³-hybridized carbons (Fsp3) is 0.0769. The Balaban J connectivity index is 1.56. The smallest absolute Gasteiger partial charge is 0.249 e. The minimum Gasteiger partial charge on any atom is -0.323 e. The number of nitrogens with one attached hydrogen (secondary N) is 1. The molecule has 1 amide bonds. The van der Waals surface area contributed by atoms with E-state index in [4.69, 9.17) is 11.6 Å². The van der Waals surface area contributed by atoms with Crippen molar-refractivity contribution in [3.05, 3.63) is 101 Å². The van der Waals surface area contributed by atoms with Crippen LogP contribution in [0.1, 0.15) is 21.6 Å². The highest BCUT2D eigenvalue weighted by Gasteiger charge is 2.36. The maximum atomic E-state index is 13.5. The van der Waals surface area contributed by atoms with E-state index in [1.54, 1.807) is 28.9 Å². The molecule has 33 heavy (non-hydrogen) atoms. The molecule has 5 rings (SSSR count). The fourth-order valence-corrected chi connectivity index (χ4v) is 4.27. The monoisotopic (exact) mass is 452 g/mol. The number of aromatic nitrogens is 2. The van der Waals surface area contributed by atoms with Gasteiger partial charge in [-0.05, 0) is 29.8 Å². The van der Waals surface area contributed by atoms with Gasteiger partial charge in [0.15, 0.2) is 5.92 Å². The third kappa shape index (κ3) is 3.59. The van der Waals surface area contributed by atoms with E-state index in [1.165, 1.54) is 0 Å². The summed E-state index contributed by atoms with van der Waals surface area (Å²) in [7, 11) is 0. The molecule has 0 spiro atoms. The Bertz CT molecular complexity index is 1440. The minimum atomic E-state index is -1.56. The van der Waals surface area contributed by atoms with Gasteiger partial charge in [0.05, 0.1) is 28.2 Å². The number of Topliss-reactive ketones (excluding diaryl/α,β-unsaturated/α-hetero) is 1. The SMILES string of the molecule is N#CC(C(=O)Nc1ccccc1Cl)C(=O)c1nn(-c2ccccc2)c2c1Cc1ccccc1-2. The lowest BCUT2D eigenvalue weighted by Crippen LogP contribution is -2.29. The Labute approximate surface area is 195 Å². The molecule has 3 aromatic carbocycles. The average Bonchev–Trinajstić information content (AvgIpc) is 3.39. The van der Waals surface area contributed by atoms with Crippen LogP contribution in [-0.4, -0.2) is 21.5 Å². The van der Waals surface area contributed by atoms with Crippen LogP contribution in [-0.2, 0) is 11.2 Å². The summed E-state index contributed by atoms with van der Waals surface area (Å²) in [6, 6.07) is 25.9. The number of hydrogen-bond donors (Lipinski definition) is 1. The number of carbonyl (C=O) groups excluding carboxylic acids is 2. The second-order valence-corrected chi connectivity index (χ2v) is 8.06. The van der Waals surface area contributed by atoms with E-state index in [-0.39, 0.29) is 5.69 Å². The molecule has 0 saturated heterocycles. The first kappa shape index (κ1) is 20.7. The fourth-order valence-electron chi connectivity index (χ4n) is 4.08. The number of anilines is 1. The van der Waals surface area contributed by atoms with Crippen LogP contribution in [0.15, 0.2) is 78.9 Å². The molecule has 1 heterocycles. The summed E-state index contributed by atoms with van der Waals surface area (Å²) in [4.78, 5) is 26.3. The highest BCUT2D eigenvalue weighted by Crippen LogP contribution is 2.40. The number of amides is 1. The van der Waals surface area contributed by atoms with Gasteiger partial charge in [-0.3, -0.25) is 9.59 Å². The van der Waals surface area contributed by atoms with Gasteiger partial charge in [0.1, 0.15) is 5.69 Å². The summed E-state index contributed by atoms with van der Waals surface area (Å²) in [6.45, 7) is 0. The summed E-state index contributed by atoms with van der Waals surface area (Å²) in [6.07, 6.45) is 0.504. The van der Waals surface area contributed by atoms with Gasteiger partial charge in [-0.1, -0.05) is 66.2 Å². The summed E-state index contributed by atoms with van der Waals surface area (Å²) in [5.41, 5.74) is 4.84. The van der Waals surface area contributed by atoms with E-state index >= 15 is 0 Å². The maximum absolute atomic E-state index is 13.5. The van der Waals surface area contributed by atoms with Gasteiger partial charge in [-0.2, -0.15) is 10.4 Å². The minimum absolute atomic E-state index is 0.130. The van der Waals surface area contributed by atoms with Crippen molar-refractivity contribution in [1.29, 1.82) is 5.26 Å². The summed E-state index contributed by atoms with van der Waals surface area (Å²) < 4.78 is 1.72. The first-order valence-electron chi connectivity index (χ1n) is 10.3. The van der Waals surface area contributed by atoms with E-state index < -0.39 is 17.6 Å². The van der Waals surface area contributed by atoms with Crippen LogP contribution >= 0.6 is 11.6 Å². The van der Waals surface area contributed by atoms with Gasteiger partial charge >= 0.3 is 0 Å². The first-order chi connectivity index (χ1) is 16.1. The number of nitriles is 1. The Kier molecular flexibility index (Phi) is 5.25. The predicted molar refractivity (Wildman–Crippen MR) is 125 cm³/mol. The number of para-hydroxylation sites is 2. The third-order valence-electron chi connectivity index (χ3n) is 5.64. The molecule has 1 aromatic heterocycles. The lowest BCUT2D eigenvalue weighted by atomic mass is 9.98. The van der Waals surface area contributed by atoms with Gasteiger partial charge in [-0.15, -0.1) is 0 Å². The van der Waals surface area contributed by atoms with Crippen molar-refractivity contribution < 1.29 is 9.59 Å². The Morgan fingerprint density at radius 1 is 1.00 bits per heavy atom. The quantitative estimate of drug-likeness (QED) is 0.298. The van der Waals surface area contributed by atoms with Crippen molar-refractivity contribution in [3.63, 3.8) is 0 Å². The second kappa shape index (κ2) is 8.38. The Hall–Kier alpha value is -4.21. The van der Waals surface area contributed by atoms with Crippen molar-refractivity contribution in [3.8, 4) is 23.0 Å². The van der Waals surface area contributed by atoms with E-state index in [0.29, 0.717) is 17.1 Å². The van der Waals surface area contributed by atoms with Crippen LogP contribution in [0, 0.1) is 17.2 Å². The lowest BCUT2D eigenvalue weighted by Gasteiger charge is -2.10. The van der Waals surface area contributed by atoms with Gasteiger partial charge in [0, 0.05) is 17.5 Å². The zero-order chi connectivity index (χ0) is 22.9. The zero-order valence-corrected chi connectivity index (χ0v) is 18.1. The standard InChI is InChI=1S/C26H17ClN4O2/c27-21-12-6-7-13-22(21)29-26(33)20(15-28)25(32)23-19-14-16-8-4-5-11-18(16)24(19)31(30-23)17-9-2-1-3-10-17/h1-13,20H,14H2,(H,29,33). The van der Waals surface area contributed by atoms with Crippen molar-refractivity contribution in [2.75, 3.05) is 5.32 Å². The number of fused-ring (bicyclic) bond motifs is 3. The van der Waals surface area contributed by atoms with E-state index in [9.17, 15) is 14.9 Å². The van der Waals surface area contributed by atoms with Crippen LogP contribution in [0.4, 0.5) is 5.69 Å². The number of ketones is 1. The molecule has 1 N–H and O–H groups in total. The molecule has 1 aliphatic carbocycles. The second-order valence-electron chi connectivity index (χ2n) is 7.65. The van der Waals surface area contributed by atoms with Gasteiger partial charge in [-0.25, -0.2) is 4.68 Å². The lowest BCUT2D eigenvalue weighted by molar-refractivity contribution is -0.117. The molecule has 1 aliphatic rings. The maximum Gasteiger partial charge on any atom is 0.249 e. The largest absolute Gasteiger partial charge is 0.323 e. The molecule has 1 unspecified atom stereocenters. The number of hydrogen-bond acceptors (Lipinski definition) is 4. The van der Waals surface area contributed by atoms with Crippen LogP contribution in [0.2, 0.25) is 5.02 Å². The Morgan fingerprint density at radius 2 is 1.70 bits per heavy atom. The van der Waals surface area contributed by atoms with Crippen LogP contribution < -0.4 is 5.32 Å². The van der Waals surface area contributed by atoms with E-state index in [1.807, 2.05) is 60.7 Å². The summed E-state index contributed by atoms with van der Waals surface area (Å²) in [5, 5.41) is 17.2. The van der Waals surface area contributed by atoms with Gasteiger partial charge < -0.3 is 5.32 Å². The normalized spacial score (nSPS) is 12.4. The molecule has 4 aromatic rings. The highest BCUT2D eigenvalue weighted by molar-refractivity contribution is 6.34. The number of halogens is 1. The van der Waals surface area contributed by atoms with Crippen molar-refractivity contribution in [1.82, 2.24) is 9.78 Å². The third-order valence-corrected chi connectivity index (χ3v) is 5.97. The Morgan fingerprint density at radius 3 is 2.45 bits per heavy atom. The van der Waals surface area contributed by atoms with Crippen molar-refractivity contribution in [2.24, 2.45) is 5.92 Å².